The van der Waals surface area contributed by atoms with Crippen LogP contribution >= 0.6 is 0 Å². The van der Waals surface area contributed by atoms with Crippen molar-refractivity contribution in [1.82, 2.24) is 0 Å². The van der Waals surface area contributed by atoms with Gasteiger partial charge in [0.15, 0.2) is 5.75 Å². The van der Waals surface area contributed by atoms with Gasteiger partial charge in [0.25, 0.3) is 5.69 Å². The Morgan fingerprint density at radius 1 is 1.04 bits per heavy atom. The van der Waals surface area contributed by atoms with Gasteiger partial charge in [0.2, 0.25) is 0 Å². The molecule has 3 aromatic rings. The molecule has 1 atom stereocenters. The second-order valence-electron chi connectivity index (χ2n) is 5.71. The maximum Gasteiger partial charge on any atom is 0.343 e. The van der Waals surface area contributed by atoms with Gasteiger partial charge in [-0.25, -0.2) is 4.79 Å². The number of rotatable bonds is 2. The van der Waals surface area contributed by atoms with E-state index in [0.29, 0.717) is 16.5 Å². The van der Waals surface area contributed by atoms with Gasteiger partial charge in [0, 0.05) is 18.1 Å². The van der Waals surface area contributed by atoms with Crippen LogP contribution in [0.25, 0.3) is 11.0 Å². The van der Waals surface area contributed by atoms with Crippen LogP contribution in [0.1, 0.15) is 23.5 Å². The number of non-ortho nitro benzene ring substituents is 1. The molecular weight excluding hydrogens is 326 g/mol. The minimum Gasteiger partial charge on any atom is -0.425 e. The normalized spacial score (nSPS) is 16.3. The Hall–Kier alpha value is -3.48. The van der Waals surface area contributed by atoms with E-state index in [0.717, 1.165) is 0 Å². The van der Waals surface area contributed by atoms with Gasteiger partial charge in [-0.1, -0.05) is 24.3 Å². The van der Waals surface area contributed by atoms with E-state index < -0.39 is 22.4 Å². The predicted octanol–water partition coefficient (Wildman–Crippen LogP) is 3.14. The van der Waals surface area contributed by atoms with Crippen molar-refractivity contribution < 1.29 is 18.9 Å². The number of nitro groups is 1. The van der Waals surface area contributed by atoms with Crippen molar-refractivity contribution in [3.63, 3.8) is 0 Å². The number of fused-ring (bicyclic) bond motifs is 3. The molecule has 0 fully saturated rings. The Labute approximate surface area is 140 Å². The second kappa shape index (κ2) is 5.55. The molecule has 25 heavy (non-hydrogen) atoms. The summed E-state index contributed by atoms with van der Waals surface area (Å²) < 4.78 is 10.7. The molecule has 7 nitrogen and oxygen atoms in total. The summed E-state index contributed by atoms with van der Waals surface area (Å²) in [6, 6.07) is 12.6. The van der Waals surface area contributed by atoms with Crippen LogP contribution in [-0.4, -0.2) is 10.9 Å². The fraction of sp³-hybridized carbons (Fsp3) is 0.111. The Balaban J connectivity index is 1.92. The summed E-state index contributed by atoms with van der Waals surface area (Å²) in [4.78, 5) is 34.9. The first-order valence-corrected chi connectivity index (χ1v) is 7.55. The lowest BCUT2D eigenvalue weighted by Crippen LogP contribution is -2.26. The van der Waals surface area contributed by atoms with Crippen molar-refractivity contribution in [3.05, 3.63) is 80.2 Å². The fourth-order valence-electron chi connectivity index (χ4n) is 3.08. The number of carbonyl (C=O) groups excluding carboxylic acids is 1. The number of esters is 1. The summed E-state index contributed by atoms with van der Waals surface area (Å²) in [7, 11) is 0. The molecule has 0 saturated carbocycles. The first-order chi connectivity index (χ1) is 12.0. The van der Waals surface area contributed by atoms with E-state index in [1.807, 2.05) is 0 Å². The lowest BCUT2D eigenvalue weighted by molar-refractivity contribution is -0.384. The van der Waals surface area contributed by atoms with E-state index >= 15 is 0 Å². The molecule has 124 valence electrons. The number of para-hydroxylation sites is 1. The summed E-state index contributed by atoms with van der Waals surface area (Å²) in [6.45, 7) is 0. The third kappa shape index (κ3) is 2.46. The molecule has 7 heteroatoms. The van der Waals surface area contributed by atoms with Gasteiger partial charge in [-0.15, -0.1) is 0 Å². The van der Waals surface area contributed by atoms with Gasteiger partial charge in [-0.2, -0.15) is 0 Å². The molecule has 0 bridgehead atoms. The zero-order valence-corrected chi connectivity index (χ0v) is 12.8. The standard InChI is InChI=1S/C18H11NO6/c20-15-9-13(10-5-7-11(8-6-10)19(22)23)16-17(25-15)12-3-1-2-4-14(12)24-18(16)21/h1-8,13H,9H2. The van der Waals surface area contributed by atoms with E-state index in [9.17, 15) is 19.7 Å². The molecule has 1 unspecified atom stereocenters. The van der Waals surface area contributed by atoms with Crippen molar-refractivity contribution in [3.8, 4) is 5.75 Å². The van der Waals surface area contributed by atoms with Crippen LogP contribution in [-0.2, 0) is 4.79 Å². The average molecular weight is 337 g/mol. The molecule has 0 amide bonds. The Kier molecular flexibility index (Phi) is 3.35. The largest absolute Gasteiger partial charge is 0.425 e. The lowest BCUT2D eigenvalue weighted by Gasteiger charge is -2.24. The van der Waals surface area contributed by atoms with E-state index in [1.54, 1.807) is 36.4 Å². The Morgan fingerprint density at radius 3 is 2.48 bits per heavy atom. The number of hydrogen-bond acceptors (Lipinski definition) is 6. The average Bonchev–Trinajstić information content (AvgIpc) is 2.61. The topological polar surface area (TPSA) is 99.6 Å². The summed E-state index contributed by atoms with van der Waals surface area (Å²) in [5, 5.41) is 11.3. The van der Waals surface area contributed by atoms with E-state index in [-0.39, 0.29) is 23.4 Å². The monoisotopic (exact) mass is 337 g/mol. The molecule has 0 N–H and O–H groups in total. The number of hydrogen-bond donors (Lipinski definition) is 0. The molecule has 0 spiro atoms. The molecule has 1 aliphatic rings. The molecule has 0 radical (unpaired) electrons. The molecule has 0 aliphatic carbocycles. The fourth-order valence-corrected chi connectivity index (χ4v) is 3.08. The molecule has 0 saturated heterocycles. The summed E-state index contributed by atoms with van der Waals surface area (Å²) in [5.74, 6) is -0.837. The highest BCUT2D eigenvalue weighted by Gasteiger charge is 2.33. The SMILES string of the molecule is O=C1CC(c2ccc([N+](=O)[O-])cc2)c2c(c3ccccc3oc2=O)O1. The summed E-state index contributed by atoms with van der Waals surface area (Å²) >= 11 is 0. The van der Waals surface area contributed by atoms with Gasteiger partial charge < -0.3 is 9.15 Å². The van der Waals surface area contributed by atoms with Crippen LogP contribution in [0.3, 0.4) is 0 Å². The van der Waals surface area contributed by atoms with Crippen molar-refractivity contribution in [2.45, 2.75) is 12.3 Å². The highest BCUT2D eigenvalue weighted by atomic mass is 16.6. The third-order valence-electron chi connectivity index (χ3n) is 4.24. The molecule has 2 aromatic carbocycles. The second-order valence-corrected chi connectivity index (χ2v) is 5.71. The van der Waals surface area contributed by atoms with Crippen molar-refractivity contribution >= 4 is 22.6 Å². The van der Waals surface area contributed by atoms with Crippen LogP contribution < -0.4 is 10.4 Å². The van der Waals surface area contributed by atoms with Gasteiger partial charge >= 0.3 is 11.6 Å². The van der Waals surface area contributed by atoms with Gasteiger partial charge in [-0.05, 0) is 17.7 Å². The van der Waals surface area contributed by atoms with E-state index in [4.69, 9.17) is 9.15 Å². The number of nitrogens with zero attached hydrogens (tertiary/aromatic N) is 1. The molecule has 4 rings (SSSR count). The first-order valence-electron chi connectivity index (χ1n) is 7.55. The highest BCUT2D eigenvalue weighted by Crippen LogP contribution is 2.40. The van der Waals surface area contributed by atoms with Crippen LogP contribution in [0.4, 0.5) is 5.69 Å². The lowest BCUT2D eigenvalue weighted by atomic mass is 9.86. The zero-order valence-electron chi connectivity index (χ0n) is 12.8. The Morgan fingerprint density at radius 2 is 1.76 bits per heavy atom. The number of carbonyl (C=O) groups is 1. The van der Waals surface area contributed by atoms with Gasteiger partial charge in [0.1, 0.15) is 5.58 Å². The zero-order chi connectivity index (χ0) is 17.6. The quantitative estimate of drug-likeness (QED) is 0.308. The summed E-state index contributed by atoms with van der Waals surface area (Å²) in [5.41, 5.74) is 0.569. The van der Waals surface area contributed by atoms with Crippen LogP contribution in [0, 0.1) is 10.1 Å². The van der Waals surface area contributed by atoms with Crippen LogP contribution in [0.5, 0.6) is 5.75 Å². The highest BCUT2D eigenvalue weighted by molar-refractivity contribution is 5.90. The minimum atomic E-state index is -0.579. The van der Waals surface area contributed by atoms with Crippen LogP contribution in [0.15, 0.2) is 57.7 Å². The maximum absolute atomic E-state index is 12.5. The number of nitro benzene ring substituents is 1. The third-order valence-corrected chi connectivity index (χ3v) is 4.24. The van der Waals surface area contributed by atoms with Crippen molar-refractivity contribution in [2.24, 2.45) is 0 Å². The number of benzene rings is 2. The summed E-state index contributed by atoms with van der Waals surface area (Å²) in [6.07, 6.45) is -0.0338. The smallest absolute Gasteiger partial charge is 0.343 e. The minimum absolute atomic E-state index is 0.0338. The molecule has 1 aromatic heterocycles. The number of ether oxygens (including phenoxy) is 1. The molecule has 1 aliphatic heterocycles. The first kappa shape index (κ1) is 15.1. The molecule has 2 heterocycles. The van der Waals surface area contributed by atoms with Crippen LogP contribution in [0.2, 0.25) is 0 Å². The van der Waals surface area contributed by atoms with Gasteiger partial charge in [0.05, 0.1) is 22.3 Å². The van der Waals surface area contributed by atoms with Crippen molar-refractivity contribution in [1.29, 1.82) is 0 Å². The molecular formula is C18H11NO6. The van der Waals surface area contributed by atoms with E-state index in [2.05, 4.69) is 0 Å². The predicted molar refractivity (Wildman–Crippen MR) is 87.7 cm³/mol. The van der Waals surface area contributed by atoms with Gasteiger partial charge in [-0.3, -0.25) is 14.9 Å². The van der Waals surface area contributed by atoms with E-state index in [1.165, 1.54) is 12.1 Å². The maximum atomic E-state index is 12.5. The van der Waals surface area contributed by atoms with Crippen molar-refractivity contribution in [2.75, 3.05) is 0 Å². The Bertz CT molecular complexity index is 1070.